The molecule has 8 nitrogen and oxygen atoms in total. The van der Waals surface area contributed by atoms with Crippen LogP contribution in [0.2, 0.25) is 0 Å². The molecule has 2 N–H and O–H groups in total. The van der Waals surface area contributed by atoms with Crippen LogP contribution in [0, 0.1) is 11.7 Å². The summed E-state index contributed by atoms with van der Waals surface area (Å²) in [6.45, 7) is 6.40. The Labute approximate surface area is 203 Å². The predicted molar refractivity (Wildman–Crippen MR) is 132 cm³/mol. The Morgan fingerprint density at radius 2 is 1.89 bits per heavy atom. The Bertz CT molecular complexity index is 1360. The first-order valence-corrected chi connectivity index (χ1v) is 12.2. The number of nitrogens with zero attached hydrogens (tertiary/aromatic N) is 6. The van der Waals surface area contributed by atoms with Crippen LogP contribution in [0.1, 0.15) is 36.8 Å². The van der Waals surface area contributed by atoms with Crippen LogP contribution in [0.25, 0.3) is 22.6 Å². The summed E-state index contributed by atoms with van der Waals surface area (Å²) in [5, 5.41) is 0. The normalized spacial score (nSPS) is 21.5. The molecule has 2 bridgehead atoms. The van der Waals surface area contributed by atoms with Gasteiger partial charge in [-0.3, -0.25) is 4.98 Å². The van der Waals surface area contributed by atoms with Crippen LogP contribution >= 0.6 is 0 Å². The van der Waals surface area contributed by atoms with Crippen LogP contribution in [0.15, 0.2) is 42.7 Å². The lowest BCUT2D eigenvalue weighted by atomic mass is 9.75. The van der Waals surface area contributed by atoms with Gasteiger partial charge in [-0.1, -0.05) is 24.3 Å². The van der Waals surface area contributed by atoms with E-state index in [-0.39, 0.29) is 11.8 Å². The quantitative estimate of drug-likeness (QED) is 0.454. The number of nitrogen functional groups attached to an aromatic ring is 1. The zero-order valence-electron chi connectivity index (χ0n) is 19.7. The molecule has 3 aromatic heterocycles. The molecule has 0 amide bonds. The van der Waals surface area contributed by atoms with E-state index in [1.807, 2.05) is 11.5 Å². The number of ether oxygens (including phenoxy) is 1. The summed E-state index contributed by atoms with van der Waals surface area (Å²) >= 11 is 0. The largest absolute Gasteiger partial charge is 0.464 e. The van der Waals surface area contributed by atoms with Crippen molar-refractivity contribution < 1.29 is 9.13 Å². The zero-order valence-corrected chi connectivity index (χ0v) is 19.7. The standard InChI is InChI=1S/C26H28FN7O/c1-2-35-26-31-23(28)22-25(32-26)34(24(30-22)19-11-20(27)13-29-12-19)14-16-3-5-17(6-4-16)21-15-33-9-7-18(21)8-10-33/h3-6,11-13,18,21H,2,7-10,14-15H2,1H3,(H2,28,31,32)/t21-/m1/s1. The Balaban J connectivity index is 1.39. The molecule has 1 aromatic carbocycles. The zero-order chi connectivity index (χ0) is 23.9. The summed E-state index contributed by atoms with van der Waals surface area (Å²) in [6, 6.07) is 10.4. The highest BCUT2D eigenvalue weighted by Gasteiger charge is 2.34. The number of pyridine rings is 1. The van der Waals surface area contributed by atoms with Gasteiger partial charge in [0, 0.05) is 18.3 Å². The molecule has 35 heavy (non-hydrogen) atoms. The SMILES string of the molecule is CCOc1nc(N)c2nc(-c3cncc(F)c3)n(Cc3ccc([C@H]4CN5CCC4CC5)cc3)c2n1. The lowest BCUT2D eigenvalue weighted by Gasteiger charge is -2.45. The fourth-order valence-corrected chi connectivity index (χ4v) is 5.49. The second-order valence-electron chi connectivity index (χ2n) is 9.40. The van der Waals surface area contributed by atoms with Gasteiger partial charge >= 0.3 is 6.01 Å². The number of fused-ring (bicyclic) bond motifs is 4. The molecule has 3 aliphatic heterocycles. The first-order valence-electron chi connectivity index (χ1n) is 12.2. The lowest BCUT2D eigenvalue weighted by Crippen LogP contribution is -2.46. The van der Waals surface area contributed by atoms with Crippen LogP contribution in [0.5, 0.6) is 6.01 Å². The molecule has 4 aromatic rings. The molecule has 3 fully saturated rings. The summed E-state index contributed by atoms with van der Waals surface area (Å²) < 4.78 is 21.5. The number of anilines is 1. The van der Waals surface area contributed by atoms with Gasteiger partial charge in [-0.15, -0.1) is 0 Å². The maximum atomic E-state index is 14.0. The van der Waals surface area contributed by atoms with E-state index >= 15 is 0 Å². The number of imidazole rings is 1. The van der Waals surface area contributed by atoms with Crippen LogP contribution in [0.4, 0.5) is 10.2 Å². The van der Waals surface area contributed by atoms with Gasteiger partial charge in [0.05, 0.1) is 19.3 Å². The van der Waals surface area contributed by atoms with Crippen LogP contribution < -0.4 is 10.5 Å². The molecule has 9 heteroatoms. The number of piperidine rings is 3. The summed E-state index contributed by atoms with van der Waals surface area (Å²) in [7, 11) is 0. The molecule has 180 valence electrons. The molecule has 0 saturated carbocycles. The third-order valence-electron chi connectivity index (χ3n) is 7.24. The average molecular weight is 474 g/mol. The van der Waals surface area contributed by atoms with Gasteiger partial charge in [0.2, 0.25) is 0 Å². The minimum Gasteiger partial charge on any atom is -0.464 e. The summed E-state index contributed by atoms with van der Waals surface area (Å²) in [6.07, 6.45) is 5.35. The molecule has 3 aliphatic rings. The number of benzene rings is 1. The summed E-state index contributed by atoms with van der Waals surface area (Å²) in [5.41, 5.74) is 10.2. The van der Waals surface area contributed by atoms with Crippen LogP contribution in [0.3, 0.4) is 0 Å². The minimum atomic E-state index is -0.433. The first kappa shape index (κ1) is 21.9. The first-order chi connectivity index (χ1) is 17.1. The van der Waals surface area contributed by atoms with E-state index in [1.165, 1.54) is 43.8 Å². The summed E-state index contributed by atoms with van der Waals surface area (Å²) in [4.78, 5) is 20.1. The van der Waals surface area contributed by atoms with Crippen molar-refractivity contribution in [1.29, 1.82) is 0 Å². The van der Waals surface area contributed by atoms with Gasteiger partial charge in [0.1, 0.15) is 11.6 Å². The van der Waals surface area contributed by atoms with Crippen molar-refractivity contribution in [1.82, 2.24) is 29.4 Å². The number of nitrogens with two attached hydrogens (primary N) is 1. The van der Waals surface area contributed by atoms with Gasteiger partial charge in [-0.25, -0.2) is 9.37 Å². The number of halogens is 1. The second-order valence-corrected chi connectivity index (χ2v) is 9.40. The van der Waals surface area contributed by atoms with E-state index in [2.05, 4.69) is 49.1 Å². The molecular weight excluding hydrogens is 445 g/mol. The molecule has 7 rings (SSSR count). The van der Waals surface area contributed by atoms with E-state index in [1.54, 1.807) is 6.20 Å². The molecule has 0 unspecified atom stereocenters. The smallest absolute Gasteiger partial charge is 0.320 e. The topological polar surface area (TPSA) is 95.0 Å². The number of hydrogen-bond acceptors (Lipinski definition) is 7. The van der Waals surface area contributed by atoms with Crippen molar-refractivity contribution >= 4 is 17.0 Å². The molecule has 1 atom stereocenters. The Morgan fingerprint density at radius 1 is 1.09 bits per heavy atom. The monoisotopic (exact) mass is 473 g/mol. The third kappa shape index (κ3) is 4.10. The van der Waals surface area contributed by atoms with Gasteiger partial charge in [-0.05, 0) is 61.9 Å². The van der Waals surface area contributed by atoms with Crippen molar-refractivity contribution in [2.45, 2.75) is 32.2 Å². The van der Waals surface area contributed by atoms with Gasteiger partial charge < -0.3 is 19.9 Å². The summed E-state index contributed by atoms with van der Waals surface area (Å²) in [5.74, 6) is 1.71. The van der Waals surface area contributed by atoms with E-state index in [9.17, 15) is 4.39 Å². The fourth-order valence-electron chi connectivity index (χ4n) is 5.49. The Hall–Kier alpha value is -3.59. The molecule has 6 heterocycles. The van der Waals surface area contributed by atoms with Gasteiger partial charge in [-0.2, -0.15) is 9.97 Å². The van der Waals surface area contributed by atoms with Crippen molar-refractivity contribution in [3.05, 3.63) is 59.7 Å². The Kier molecular flexibility index (Phi) is 5.56. The van der Waals surface area contributed by atoms with Crippen molar-refractivity contribution in [3.8, 4) is 17.4 Å². The van der Waals surface area contributed by atoms with Gasteiger partial charge in [0.15, 0.2) is 17.0 Å². The maximum Gasteiger partial charge on any atom is 0.320 e. The van der Waals surface area contributed by atoms with E-state index in [0.29, 0.717) is 41.6 Å². The van der Waals surface area contributed by atoms with Gasteiger partial charge in [0.25, 0.3) is 0 Å². The van der Waals surface area contributed by atoms with Crippen molar-refractivity contribution in [2.75, 3.05) is 32.0 Å². The van der Waals surface area contributed by atoms with Crippen LogP contribution in [-0.4, -0.2) is 55.6 Å². The molecule has 3 saturated heterocycles. The third-order valence-corrected chi connectivity index (χ3v) is 7.24. The highest BCUT2D eigenvalue weighted by molar-refractivity contribution is 5.85. The second kappa shape index (κ2) is 8.88. The fraction of sp³-hybridized carbons (Fsp3) is 0.385. The predicted octanol–water partition coefficient (Wildman–Crippen LogP) is 3.87. The molecule has 0 spiro atoms. The minimum absolute atomic E-state index is 0.195. The average Bonchev–Trinajstić information content (AvgIpc) is 3.24. The lowest BCUT2D eigenvalue weighted by molar-refractivity contribution is 0.0871. The van der Waals surface area contributed by atoms with E-state index in [0.717, 1.165) is 18.0 Å². The molecular formula is C26H28FN7O. The van der Waals surface area contributed by atoms with E-state index in [4.69, 9.17) is 10.5 Å². The number of rotatable bonds is 6. The highest BCUT2D eigenvalue weighted by atomic mass is 19.1. The number of aromatic nitrogens is 5. The van der Waals surface area contributed by atoms with Crippen molar-refractivity contribution in [3.63, 3.8) is 0 Å². The maximum absolute atomic E-state index is 14.0. The van der Waals surface area contributed by atoms with E-state index < -0.39 is 5.82 Å². The molecule has 0 radical (unpaired) electrons. The Morgan fingerprint density at radius 3 is 2.57 bits per heavy atom. The molecule has 0 aliphatic carbocycles. The van der Waals surface area contributed by atoms with Crippen molar-refractivity contribution in [2.24, 2.45) is 5.92 Å². The van der Waals surface area contributed by atoms with Crippen LogP contribution in [-0.2, 0) is 6.54 Å². The number of hydrogen-bond donors (Lipinski definition) is 1. The highest BCUT2D eigenvalue weighted by Crippen LogP contribution is 2.39.